The molecule has 0 aliphatic rings. The lowest BCUT2D eigenvalue weighted by atomic mass is 10.1. The fourth-order valence-electron chi connectivity index (χ4n) is 4.25. The molecular weight excluding hydrogens is 658 g/mol. The summed E-state index contributed by atoms with van der Waals surface area (Å²) < 4.78 is 37.3. The maximum atomic E-state index is 12.8. The smallest absolute Gasteiger partial charge is 0.343 e. The minimum absolute atomic E-state index is 0.0640. The molecular formula is C39H35NO11. The maximum Gasteiger partial charge on any atom is 0.343 e. The van der Waals surface area contributed by atoms with Crippen LogP contribution in [0.5, 0.6) is 28.7 Å². The first kappa shape index (κ1) is 37.1. The minimum atomic E-state index is -0.593. The van der Waals surface area contributed by atoms with Gasteiger partial charge in [0.05, 0.1) is 23.9 Å². The average Bonchev–Trinajstić information content (AvgIpc) is 3.15. The summed E-state index contributed by atoms with van der Waals surface area (Å²) in [5.41, 5.74) is 2.72. The Hall–Kier alpha value is -6.69. The van der Waals surface area contributed by atoms with Crippen molar-refractivity contribution in [3.63, 3.8) is 0 Å². The van der Waals surface area contributed by atoms with Gasteiger partial charge in [-0.1, -0.05) is 13.2 Å². The van der Waals surface area contributed by atoms with Crippen molar-refractivity contribution >= 4 is 35.8 Å². The second kappa shape index (κ2) is 18.7. The van der Waals surface area contributed by atoms with Crippen LogP contribution in [0.25, 0.3) is 0 Å². The van der Waals surface area contributed by atoms with Crippen LogP contribution in [0.3, 0.4) is 0 Å². The van der Waals surface area contributed by atoms with Gasteiger partial charge in [-0.3, -0.25) is 4.99 Å². The number of aryl methyl sites for hydroxylation is 1. The Kier molecular flexibility index (Phi) is 13.6. The highest BCUT2D eigenvalue weighted by Crippen LogP contribution is 2.30. The van der Waals surface area contributed by atoms with Crippen LogP contribution in [-0.4, -0.2) is 63.6 Å². The van der Waals surface area contributed by atoms with Crippen LogP contribution in [0.15, 0.2) is 115 Å². The van der Waals surface area contributed by atoms with E-state index in [9.17, 15) is 19.2 Å². The van der Waals surface area contributed by atoms with Gasteiger partial charge >= 0.3 is 23.9 Å². The molecule has 4 aromatic carbocycles. The van der Waals surface area contributed by atoms with E-state index < -0.39 is 23.9 Å². The third-order valence-corrected chi connectivity index (χ3v) is 6.83. The summed E-state index contributed by atoms with van der Waals surface area (Å²) in [6.07, 6.45) is 3.77. The molecule has 0 amide bonds. The third kappa shape index (κ3) is 11.5. The van der Waals surface area contributed by atoms with Gasteiger partial charge in [-0.15, -0.1) is 0 Å². The van der Waals surface area contributed by atoms with Gasteiger partial charge in [-0.05, 0) is 103 Å². The molecule has 0 N–H and O–H groups in total. The highest BCUT2D eigenvalue weighted by molar-refractivity contribution is 5.92. The van der Waals surface area contributed by atoms with Crippen LogP contribution in [0.4, 0.5) is 5.69 Å². The van der Waals surface area contributed by atoms with Crippen molar-refractivity contribution in [3.8, 4) is 28.7 Å². The van der Waals surface area contributed by atoms with Gasteiger partial charge in [0, 0.05) is 18.4 Å². The molecule has 0 unspecified atom stereocenters. The first-order chi connectivity index (χ1) is 24.7. The van der Waals surface area contributed by atoms with Crippen molar-refractivity contribution in [1.29, 1.82) is 0 Å². The molecule has 0 aliphatic carbocycles. The van der Waals surface area contributed by atoms with Crippen molar-refractivity contribution in [1.82, 2.24) is 0 Å². The Balaban J connectivity index is 1.30. The van der Waals surface area contributed by atoms with Crippen molar-refractivity contribution in [2.75, 3.05) is 33.5 Å². The Morgan fingerprint density at radius 2 is 1.16 bits per heavy atom. The van der Waals surface area contributed by atoms with E-state index in [0.717, 1.165) is 17.7 Å². The fraction of sp³-hybridized carbons (Fsp3) is 0.154. The van der Waals surface area contributed by atoms with Crippen LogP contribution in [0, 0.1) is 6.92 Å². The second-order valence-corrected chi connectivity index (χ2v) is 10.4. The molecule has 0 aliphatic heterocycles. The number of hydrogen-bond acceptors (Lipinski definition) is 12. The van der Waals surface area contributed by atoms with E-state index in [4.69, 9.17) is 33.2 Å². The van der Waals surface area contributed by atoms with Crippen molar-refractivity contribution in [2.24, 2.45) is 4.99 Å². The molecule has 0 spiro atoms. The Morgan fingerprint density at radius 1 is 0.627 bits per heavy atom. The molecule has 0 saturated carbocycles. The van der Waals surface area contributed by atoms with E-state index in [-0.39, 0.29) is 32.2 Å². The lowest BCUT2D eigenvalue weighted by Crippen LogP contribution is -2.11. The number of benzene rings is 4. The maximum absolute atomic E-state index is 12.8. The van der Waals surface area contributed by atoms with Gasteiger partial charge < -0.3 is 33.2 Å². The molecule has 12 heteroatoms. The molecule has 4 rings (SSSR count). The number of methoxy groups -OCH3 is 1. The molecule has 0 radical (unpaired) electrons. The monoisotopic (exact) mass is 693 g/mol. The molecule has 12 nitrogen and oxygen atoms in total. The molecule has 0 atom stereocenters. The van der Waals surface area contributed by atoms with Crippen molar-refractivity contribution < 1.29 is 52.3 Å². The number of nitrogens with zero attached hydrogens (tertiary/aromatic N) is 1. The van der Waals surface area contributed by atoms with E-state index in [1.165, 1.54) is 7.11 Å². The lowest BCUT2D eigenvalue weighted by Gasteiger charge is -2.11. The van der Waals surface area contributed by atoms with Gasteiger partial charge in [0.15, 0.2) is 11.5 Å². The molecule has 0 fully saturated rings. The fourth-order valence-corrected chi connectivity index (χ4v) is 4.25. The van der Waals surface area contributed by atoms with Crippen molar-refractivity contribution in [2.45, 2.75) is 6.92 Å². The van der Waals surface area contributed by atoms with Crippen LogP contribution < -0.4 is 23.7 Å². The van der Waals surface area contributed by atoms with E-state index in [1.807, 2.05) is 6.92 Å². The number of ether oxygens (including phenoxy) is 7. The lowest BCUT2D eigenvalue weighted by molar-refractivity contribution is -0.139. The summed E-state index contributed by atoms with van der Waals surface area (Å²) in [5.74, 6) is -0.308. The SMILES string of the molecule is C=CC(=O)OCCOc1ccc(C(=O)Oc2ccc(/N=C/c3ccc(OC(=O)c4ccc(OCCOC(=O)C=C)cc4)c(OC)c3)c(C)c2)cc1. The molecule has 0 heterocycles. The second-order valence-electron chi connectivity index (χ2n) is 10.4. The Morgan fingerprint density at radius 3 is 1.67 bits per heavy atom. The largest absolute Gasteiger partial charge is 0.493 e. The van der Waals surface area contributed by atoms with Gasteiger partial charge in [-0.2, -0.15) is 0 Å². The summed E-state index contributed by atoms with van der Waals surface area (Å²) in [7, 11) is 1.46. The quantitative estimate of drug-likeness (QED) is 0.0398. The number of carbonyl (C=O) groups is 4. The van der Waals surface area contributed by atoms with Gasteiger partial charge in [0.2, 0.25) is 0 Å². The number of hydrogen-bond donors (Lipinski definition) is 0. The van der Waals surface area contributed by atoms with Gasteiger partial charge in [0.25, 0.3) is 0 Å². The summed E-state index contributed by atoms with van der Waals surface area (Å²) in [6, 6.07) is 22.8. The number of rotatable bonds is 17. The standard InChI is InChI=1S/C39H35NO11/c1-5-36(41)48-21-19-46-30-12-8-28(9-13-30)38(43)50-32-16-17-33(26(3)23-32)40-25-27-7-18-34(35(24-27)45-4)51-39(44)29-10-14-31(15-11-29)47-20-22-49-37(42)6-2/h5-18,23-25H,1-2,19-22H2,3-4H3/b40-25+. The van der Waals surface area contributed by atoms with E-state index in [2.05, 4.69) is 18.2 Å². The van der Waals surface area contributed by atoms with E-state index >= 15 is 0 Å². The molecule has 51 heavy (non-hydrogen) atoms. The van der Waals surface area contributed by atoms with Crippen LogP contribution >= 0.6 is 0 Å². The summed E-state index contributed by atoms with van der Waals surface area (Å²) >= 11 is 0. The van der Waals surface area contributed by atoms with E-state index in [0.29, 0.717) is 45.4 Å². The van der Waals surface area contributed by atoms with Gasteiger partial charge in [-0.25, -0.2) is 19.2 Å². The summed E-state index contributed by atoms with van der Waals surface area (Å²) in [5, 5.41) is 0. The number of carbonyl (C=O) groups excluding carboxylic acids is 4. The molecule has 0 saturated heterocycles. The van der Waals surface area contributed by atoms with E-state index in [1.54, 1.807) is 91.1 Å². The Labute approximate surface area is 294 Å². The number of esters is 4. The van der Waals surface area contributed by atoms with Crippen LogP contribution in [0.2, 0.25) is 0 Å². The zero-order chi connectivity index (χ0) is 36.6. The molecule has 0 bridgehead atoms. The normalized spacial score (nSPS) is 10.5. The Bertz CT molecular complexity index is 1900. The van der Waals surface area contributed by atoms with Crippen LogP contribution in [0.1, 0.15) is 31.8 Å². The predicted molar refractivity (Wildman–Crippen MR) is 188 cm³/mol. The predicted octanol–water partition coefficient (Wildman–Crippen LogP) is 6.41. The number of aliphatic imine (C=N–C) groups is 1. The molecule has 4 aromatic rings. The third-order valence-electron chi connectivity index (χ3n) is 6.83. The topological polar surface area (TPSA) is 145 Å². The molecule has 262 valence electrons. The zero-order valence-corrected chi connectivity index (χ0v) is 28.0. The molecule has 0 aromatic heterocycles. The highest BCUT2D eigenvalue weighted by Gasteiger charge is 2.14. The van der Waals surface area contributed by atoms with Gasteiger partial charge in [0.1, 0.15) is 43.7 Å². The summed E-state index contributed by atoms with van der Waals surface area (Å²) in [4.78, 5) is 52.2. The van der Waals surface area contributed by atoms with Crippen molar-refractivity contribution in [3.05, 3.63) is 132 Å². The van der Waals surface area contributed by atoms with Crippen LogP contribution in [-0.2, 0) is 19.1 Å². The zero-order valence-electron chi connectivity index (χ0n) is 28.0. The minimum Gasteiger partial charge on any atom is -0.493 e. The highest BCUT2D eigenvalue weighted by atomic mass is 16.6. The first-order valence-corrected chi connectivity index (χ1v) is 15.5. The first-order valence-electron chi connectivity index (χ1n) is 15.5. The summed E-state index contributed by atoms with van der Waals surface area (Å²) in [6.45, 7) is 8.92. The average molecular weight is 694 g/mol.